The van der Waals surface area contributed by atoms with E-state index in [4.69, 9.17) is 5.73 Å². The fourth-order valence-corrected chi connectivity index (χ4v) is 2.08. The quantitative estimate of drug-likeness (QED) is 0.827. The topological polar surface area (TPSA) is 55.1 Å². The molecule has 3 N–H and O–H groups in total. The van der Waals surface area contributed by atoms with Gasteiger partial charge in [-0.1, -0.05) is 12.1 Å². The van der Waals surface area contributed by atoms with E-state index in [1.54, 1.807) is 0 Å². The van der Waals surface area contributed by atoms with Crippen LogP contribution in [0, 0.1) is 3.57 Å². The summed E-state index contributed by atoms with van der Waals surface area (Å²) in [5, 5.41) is 3.33. The van der Waals surface area contributed by atoms with Gasteiger partial charge in [-0.15, -0.1) is 0 Å². The minimum absolute atomic E-state index is 0.319. The standard InChI is InChI=1S/C12H15IN2O/c1-12(11(14)16,15-10-6-7-10)8-2-4-9(13)5-3-8/h2-5,10,15H,6-7H2,1H3,(H2,14,16). The zero-order valence-electron chi connectivity index (χ0n) is 9.16. The third kappa shape index (κ3) is 2.38. The molecule has 16 heavy (non-hydrogen) atoms. The number of benzene rings is 1. The summed E-state index contributed by atoms with van der Waals surface area (Å²) in [6.45, 7) is 1.86. The highest BCUT2D eigenvalue weighted by Gasteiger charge is 2.38. The van der Waals surface area contributed by atoms with Crippen LogP contribution in [0.25, 0.3) is 0 Å². The van der Waals surface area contributed by atoms with Crippen LogP contribution in [0.2, 0.25) is 0 Å². The minimum Gasteiger partial charge on any atom is -0.368 e. The maximum absolute atomic E-state index is 11.6. The molecule has 0 aliphatic heterocycles. The molecule has 0 saturated heterocycles. The van der Waals surface area contributed by atoms with Crippen molar-refractivity contribution in [2.24, 2.45) is 5.73 Å². The molecule has 1 amide bonds. The fourth-order valence-electron chi connectivity index (χ4n) is 1.72. The van der Waals surface area contributed by atoms with Crippen LogP contribution in [0.4, 0.5) is 0 Å². The Bertz CT molecular complexity index is 400. The Morgan fingerprint density at radius 3 is 2.44 bits per heavy atom. The molecular weight excluding hydrogens is 315 g/mol. The first-order valence-electron chi connectivity index (χ1n) is 5.36. The van der Waals surface area contributed by atoms with Crippen molar-refractivity contribution >= 4 is 28.5 Å². The van der Waals surface area contributed by atoms with Crippen LogP contribution >= 0.6 is 22.6 Å². The molecule has 1 aromatic rings. The minimum atomic E-state index is -0.745. The van der Waals surface area contributed by atoms with E-state index in [1.165, 1.54) is 0 Å². The fraction of sp³-hybridized carbons (Fsp3) is 0.417. The smallest absolute Gasteiger partial charge is 0.242 e. The lowest BCUT2D eigenvalue weighted by Gasteiger charge is -2.28. The van der Waals surface area contributed by atoms with Crippen molar-refractivity contribution in [2.45, 2.75) is 31.3 Å². The molecule has 1 saturated carbocycles. The van der Waals surface area contributed by atoms with Gasteiger partial charge >= 0.3 is 0 Å². The molecule has 1 fully saturated rings. The first-order valence-corrected chi connectivity index (χ1v) is 6.44. The van der Waals surface area contributed by atoms with Gasteiger partial charge in [-0.25, -0.2) is 0 Å². The maximum Gasteiger partial charge on any atom is 0.242 e. The van der Waals surface area contributed by atoms with E-state index < -0.39 is 5.54 Å². The van der Waals surface area contributed by atoms with Gasteiger partial charge in [0.05, 0.1) is 0 Å². The first kappa shape index (κ1) is 11.9. The number of halogens is 1. The lowest BCUT2D eigenvalue weighted by atomic mass is 9.91. The summed E-state index contributed by atoms with van der Waals surface area (Å²) in [5.41, 5.74) is 5.71. The Hall–Kier alpha value is -0.620. The zero-order valence-corrected chi connectivity index (χ0v) is 11.3. The molecule has 1 atom stereocenters. The zero-order chi connectivity index (χ0) is 11.8. The molecule has 0 aromatic heterocycles. The second-order valence-electron chi connectivity index (χ2n) is 4.41. The SMILES string of the molecule is CC(NC1CC1)(C(N)=O)c1ccc(I)cc1. The average molecular weight is 330 g/mol. The number of carbonyl (C=O) groups is 1. The van der Waals surface area contributed by atoms with Crippen LogP contribution in [0.5, 0.6) is 0 Å². The number of nitrogens with one attached hydrogen (secondary N) is 1. The van der Waals surface area contributed by atoms with Gasteiger partial charge in [0, 0.05) is 9.61 Å². The lowest BCUT2D eigenvalue weighted by molar-refractivity contribution is -0.124. The average Bonchev–Trinajstić information content (AvgIpc) is 3.02. The summed E-state index contributed by atoms with van der Waals surface area (Å²) in [6.07, 6.45) is 2.26. The predicted molar refractivity (Wildman–Crippen MR) is 71.9 cm³/mol. The van der Waals surface area contributed by atoms with E-state index in [-0.39, 0.29) is 5.91 Å². The molecule has 1 aromatic carbocycles. The van der Waals surface area contributed by atoms with Crippen molar-refractivity contribution in [3.8, 4) is 0 Å². The van der Waals surface area contributed by atoms with Gasteiger partial charge < -0.3 is 5.73 Å². The van der Waals surface area contributed by atoms with E-state index in [9.17, 15) is 4.79 Å². The molecule has 1 aliphatic rings. The Kier molecular flexibility index (Phi) is 3.21. The number of hydrogen-bond acceptors (Lipinski definition) is 2. The first-order chi connectivity index (χ1) is 7.52. The number of primary amides is 1. The monoisotopic (exact) mass is 330 g/mol. The van der Waals surface area contributed by atoms with Crippen molar-refractivity contribution in [1.29, 1.82) is 0 Å². The van der Waals surface area contributed by atoms with Gasteiger partial charge in [0.1, 0.15) is 5.54 Å². The van der Waals surface area contributed by atoms with Crippen LogP contribution < -0.4 is 11.1 Å². The largest absolute Gasteiger partial charge is 0.368 e. The van der Waals surface area contributed by atoms with E-state index in [0.717, 1.165) is 22.0 Å². The molecule has 0 heterocycles. The van der Waals surface area contributed by atoms with Crippen molar-refractivity contribution < 1.29 is 4.79 Å². The highest BCUT2D eigenvalue weighted by Crippen LogP contribution is 2.28. The number of hydrogen-bond donors (Lipinski definition) is 2. The number of carbonyl (C=O) groups excluding carboxylic acids is 1. The summed E-state index contributed by atoms with van der Waals surface area (Å²) in [5.74, 6) is -0.319. The summed E-state index contributed by atoms with van der Waals surface area (Å²) < 4.78 is 1.15. The van der Waals surface area contributed by atoms with E-state index >= 15 is 0 Å². The van der Waals surface area contributed by atoms with Gasteiger partial charge in [0.25, 0.3) is 0 Å². The Balaban J connectivity index is 2.30. The summed E-state index contributed by atoms with van der Waals surface area (Å²) >= 11 is 2.24. The Labute approximate surface area is 109 Å². The summed E-state index contributed by atoms with van der Waals surface area (Å²) in [6, 6.07) is 8.35. The van der Waals surface area contributed by atoms with Crippen LogP contribution in [0.3, 0.4) is 0 Å². The van der Waals surface area contributed by atoms with E-state index in [0.29, 0.717) is 6.04 Å². The molecule has 1 unspecified atom stereocenters. The number of rotatable bonds is 4. The summed E-state index contributed by atoms with van der Waals surface area (Å²) in [7, 11) is 0. The second-order valence-corrected chi connectivity index (χ2v) is 5.66. The van der Waals surface area contributed by atoms with Gasteiger partial charge in [-0.3, -0.25) is 10.1 Å². The molecule has 86 valence electrons. The van der Waals surface area contributed by atoms with Gasteiger partial charge in [0.15, 0.2) is 0 Å². The predicted octanol–water partition coefficient (Wildman–Crippen LogP) is 1.74. The van der Waals surface area contributed by atoms with Gasteiger partial charge in [-0.05, 0) is 60.1 Å². The molecule has 2 rings (SSSR count). The van der Waals surface area contributed by atoms with Crippen LogP contribution in [0.15, 0.2) is 24.3 Å². The normalized spacial score (nSPS) is 19.1. The van der Waals surface area contributed by atoms with Gasteiger partial charge in [-0.2, -0.15) is 0 Å². The molecular formula is C12H15IN2O. The molecule has 3 nitrogen and oxygen atoms in total. The van der Waals surface area contributed by atoms with Crippen molar-refractivity contribution in [3.63, 3.8) is 0 Å². The highest BCUT2D eigenvalue weighted by atomic mass is 127. The van der Waals surface area contributed by atoms with Crippen molar-refractivity contribution in [3.05, 3.63) is 33.4 Å². The lowest BCUT2D eigenvalue weighted by Crippen LogP contribution is -2.51. The highest BCUT2D eigenvalue weighted by molar-refractivity contribution is 14.1. The van der Waals surface area contributed by atoms with Crippen LogP contribution in [-0.2, 0) is 10.3 Å². The molecule has 0 bridgehead atoms. The maximum atomic E-state index is 11.6. The van der Waals surface area contributed by atoms with E-state index in [2.05, 4.69) is 27.9 Å². The third-order valence-corrected chi connectivity index (χ3v) is 3.70. The summed E-state index contributed by atoms with van der Waals surface area (Å²) in [4.78, 5) is 11.6. The Morgan fingerprint density at radius 1 is 1.44 bits per heavy atom. The van der Waals surface area contributed by atoms with Crippen molar-refractivity contribution in [1.82, 2.24) is 5.32 Å². The molecule has 0 radical (unpaired) electrons. The third-order valence-electron chi connectivity index (χ3n) is 2.98. The van der Waals surface area contributed by atoms with Crippen LogP contribution in [-0.4, -0.2) is 11.9 Å². The molecule has 1 aliphatic carbocycles. The van der Waals surface area contributed by atoms with E-state index in [1.807, 2.05) is 31.2 Å². The molecule has 0 spiro atoms. The second kappa shape index (κ2) is 4.33. The molecule has 4 heteroatoms. The number of amides is 1. The Morgan fingerprint density at radius 2 is 2.00 bits per heavy atom. The van der Waals surface area contributed by atoms with Crippen LogP contribution in [0.1, 0.15) is 25.3 Å². The number of nitrogens with two attached hydrogens (primary N) is 1. The van der Waals surface area contributed by atoms with Gasteiger partial charge in [0.2, 0.25) is 5.91 Å². The van der Waals surface area contributed by atoms with Crippen molar-refractivity contribution in [2.75, 3.05) is 0 Å².